The predicted molar refractivity (Wildman–Crippen MR) is 116 cm³/mol. The third-order valence-corrected chi connectivity index (χ3v) is 6.55. The molecule has 1 aliphatic heterocycles. The van der Waals surface area contributed by atoms with E-state index in [1.54, 1.807) is 17.0 Å². The third-order valence-electron chi connectivity index (χ3n) is 4.89. The lowest BCUT2D eigenvalue weighted by atomic mass is 10.1. The van der Waals surface area contributed by atoms with Gasteiger partial charge in [-0.05, 0) is 30.3 Å². The van der Waals surface area contributed by atoms with E-state index >= 15 is 0 Å². The van der Waals surface area contributed by atoms with E-state index in [1.807, 2.05) is 36.4 Å². The molecule has 2 N–H and O–H groups in total. The van der Waals surface area contributed by atoms with Crippen LogP contribution >= 0.6 is 11.6 Å². The quantitative estimate of drug-likeness (QED) is 0.728. The molecule has 1 heterocycles. The molecule has 156 valence electrons. The number of amides is 2. The van der Waals surface area contributed by atoms with E-state index in [4.69, 9.17) is 11.6 Å². The number of nitrogens with one attached hydrogen (secondary N) is 2. The SMILES string of the molecule is CNS(=O)(=O)Cc1ccc(CNC(=O)N2CCN(c3ccccc3Cl)CC2)cc1. The van der Waals surface area contributed by atoms with Crippen LogP contribution in [0.5, 0.6) is 0 Å². The number of piperazine rings is 1. The molecular weight excluding hydrogens is 412 g/mol. The first kappa shape index (κ1) is 21.4. The molecule has 2 amide bonds. The van der Waals surface area contributed by atoms with Gasteiger partial charge in [0.05, 0.1) is 16.5 Å². The monoisotopic (exact) mass is 436 g/mol. The normalized spacial score (nSPS) is 14.7. The number of para-hydroxylation sites is 1. The van der Waals surface area contributed by atoms with E-state index in [0.717, 1.165) is 29.4 Å². The minimum absolute atomic E-state index is 0.0636. The average molecular weight is 437 g/mol. The van der Waals surface area contributed by atoms with Gasteiger partial charge in [-0.15, -0.1) is 0 Å². The molecule has 0 spiro atoms. The molecule has 2 aromatic rings. The van der Waals surface area contributed by atoms with Crippen molar-refractivity contribution in [3.05, 3.63) is 64.7 Å². The number of carbonyl (C=O) groups is 1. The van der Waals surface area contributed by atoms with Gasteiger partial charge in [0.2, 0.25) is 10.0 Å². The first-order valence-corrected chi connectivity index (χ1v) is 11.4. The Balaban J connectivity index is 1.47. The van der Waals surface area contributed by atoms with Crippen molar-refractivity contribution < 1.29 is 13.2 Å². The number of hydrogen-bond donors (Lipinski definition) is 2. The summed E-state index contributed by atoms with van der Waals surface area (Å²) in [7, 11) is -1.90. The first-order valence-electron chi connectivity index (χ1n) is 9.39. The number of nitrogens with zero attached hydrogens (tertiary/aromatic N) is 2. The van der Waals surface area contributed by atoms with Crippen molar-refractivity contribution in [2.24, 2.45) is 0 Å². The number of urea groups is 1. The van der Waals surface area contributed by atoms with Crippen molar-refractivity contribution in [3.8, 4) is 0 Å². The van der Waals surface area contributed by atoms with Gasteiger partial charge >= 0.3 is 6.03 Å². The van der Waals surface area contributed by atoms with Gasteiger partial charge in [-0.25, -0.2) is 17.9 Å². The minimum Gasteiger partial charge on any atom is -0.367 e. The maximum absolute atomic E-state index is 12.5. The lowest BCUT2D eigenvalue weighted by molar-refractivity contribution is 0.194. The Bertz CT molecular complexity index is 942. The largest absolute Gasteiger partial charge is 0.367 e. The molecule has 1 aliphatic rings. The highest BCUT2D eigenvalue weighted by Crippen LogP contribution is 2.26. The topological polar surface area (TPSA) is 81.8 Å². The summed E-state index contributed by atoms with van der Waals surface area (Å²) in [5.41, 5.74) is 2.61. The Morgan fingerprint density at radius 3 is 2.24 bits per heavy atom. The zero-order valence-electron chi connectivity index (χ0n) is 16.3. The third kappa shape index (κ3) is 5.85. The van der Waals surface area contributed by atoms with Gasteiger partial charge in [-0.2, -0.15) is 0 Å². The van der Waals surface area contributed by atoms with Gasteiger partial charge in [0.15, 0.2) is 0 Å². The Morgan fingerprint density at radius 2 is 1.62 bits per heavy atom. The van der Waals surface area contributed by atoms with Crippen LogP contribution in [0.2, 0.25) is 5.02 Å². The molecule has 0 saturated carbocycles. The number of anilines is 1. The second-order valence-electron chi connectivity index (χ2n) is 6.86. The number of benzene rings is 2. The van der Waals surface area contributed by atoms with E-state index in [1.165, 1.54) is 7.05 Å². The number of hydrogen-bond acceptors (Lipinski definition) is 4. The van der Waals surface area contributed by atoms with Crippen LogP contribution in [0.25, 0.3) is 0 Å². The zero-order chi connectivity index (χ0) is 20.9. The van der Waals surface area contributed by atoms with Crippen molar-refractivity contribution in [1.29, 1.82) is 0 Å². The number of rotatable bonds is 6. The van der Waals surface area contributed by atoms with E-state index in [-0.39, 0.29) is 11.8 Å². The summed E-state index contributed by atoms with van der Waals surface area (Å²) in [4.78, 5) is 16.4. The summed E-state index contributed by atoms with van der Waals surface area (Å²) in [5.74, 6) is -0.0636. The van der Waals surface area contributed by atoms with Crippen molar-refractivity contribution in [1.82, 2.24) is 14.9 Å². The lowest BCUT2D eigenvalue weighted by Crippen LogP contribution is -2.51. The Kier molecular flexibility index (Phi) is 7.00. The molecular formula is C20H25ClN4O3S. The average Bonchev–Trinajstić information content (AvgIpc) is 2.73. The molecule has 0 radical (unpaired) electrons. The molecule has 7 nitrogen and oxygen atoms in total. The van der Waals surface area contributed by atoms with E-state index in [2.05, 4.69) is 14.9 Å². The fourth-order valence-electron chi connectivity index (χ4n) is 3.19. The summed E-state index contributed by atoms with van der Waals surface area (Å²) in [5, 5.41) is 3.64. The molecule has 0 aliphatic carbocycles. The van der Waals surface area contributed by atoms with Gasteiger partial charge in [0.1, 0.15) is 0 Å². The van der Waals surface area contributed by atoms with Crippen molar-refractivity contribution in [2.45, 2.75) is 12.3 Å². The summed E-state index contributed by atoms with van der Waals surface area (Å²) in [6, 6.07) is 14.8. The second-order valence-corrected chi connectivity index (χ2v) is 9.20. The van der Waals surface area contributed by atoms with Gasteiger partial charge < -0.3 is 15.1 Å². The predicted octanol–water partition coefficient (Wildman–Crippen LogP) is 2.42. The Hall–Kier alpha value is -2.29. The molecule has 3 rings (SSSR count). The maximum Gasteiger partial charge on any atom is 0.317 e. The van der Waals surface area contributed by atoms with Crippen LogP contribution in [0.15, 0.2) is 48.5 Å². The molecule has 0 aromatic heterocycles. The minimum atomic E-state index is -3.29. The smallest absolute Gasteiger partial charge is 0.317 e. The molecule has 1 fully saturated rings. The fourth-order valence-corrected chi connectivity index (χ4v) is 4.22. The van der Waals surface area contributed by atoms with Crippen molar-refractivity contribution >= 4 is 33.3 Å². The zero-order valence-corrected chi connectivity index (χ0v) is 17.8. The first-order chi connectivity index (χ1) is 13.9. The molecule has 9 heteroatoms. The van der Waals surface area contributed by atoms with Crippen LogP contribution in [0.3, 0.4) is 0 Å². The van der Waals surface area contributed by atoms with Gasteiger partial charge in [0.25, 0.3) is 0 Å². The van der Waals surface area contributed by atoms with Crippen molar-refractivity contribution in [3.63, 3.8) is 0 Å². The van der Waals surface area contributed by atoms with Gasteiger partial charge in [-0.1, -0.05) is 48.0 Å². The lowest BCUT2D eigenvalue weighted by Gasteiger charge is -2.36. The van der Waals surface area contributed by atoms with Crippen LogP contribution in [-0.2, 0) is 22.3 Å². The number of halogens is 1. The highest BCUT2D eigenvalue weighted by atomic mass is 35.5. The summed E-state index contributed by atoms with van der Waals surface area (Å²) in [6.45, 7) is 3.09. The van der Waals surface area contributed by atoms with Crippen LogP contribution in [0.1, 0.15) is 11.1 Å². The Morgan fingerprint density at radius 1 is 1.00 bits per heavy atom. The van der Waals surface area contributed by atoms with Gasteiger partial charge in [0, 0.05) is 32.7 Å². The fraction of sp³-hybridized carbons (Fsp3) is 0.350. The number of carbonyl (C=O) groups excluding carboxylic acids is 1. The molecule has 1 saturated heterocycles. The number of sulfonamides is 1. The highest BCUT2D eigenvalue weighted by Gasteiger charge is 2.22. The van der Waals surface area contributed by atoms with Crippen LogP contribution in [0, 0.1) is 0 Å². The van der Waals surface area contributed by atoms with E-state index < -0.39 is 10.0 Å². The standard InChI is InChI=1S/C20H25ClN4O3S/c1-22-29(27,28)15-17-8-6-16(7-9-17)14-23-20(26)25-12-10-24(11-13-25)19-5-3-2-4-18(19)21/h2-9,22H,10-15H2,1H3,(H,23,26). The molecule has 0 unspecified atom stereocenters. The molecule has 2 aromatic carbocycles. The summed E-state index contributed by atoms with van der Waals surface area (Å²) >= 11 is 6.26. The summed E-state index contributed by atoms with van der Waals surface area (Å²) < 4.78 is 25.5. The van der Waals surface area contributed by atoms with Crippen LogP contribution in [-0.4, -0.2) is 52.6 Å². The Labute approximate surface area is 176 Å². The molecule has 0 atom stereocenters. The molecule has 29 heavy (non-hydrogen) atoms. The molecule has 0 bridgehead atoms. The van der Waals surface area contributed by atoms with Crippen LogP contribution < -0.4 is 14.9 Å². The van der Waals surface area contributed by atoms with Crippen molar-refractivity contribution in [2.75, 3.05) is 38.1 Å². The van der Waals surface area contributed by atoms with Crippen LogP contribution in [0.4, 0.5) is 10.5 Å². The maximum atomic E-state index is 12.5. The second kappa shape index (κ2) is 9.47. The summed E-state index contributed by atoms with van der Waals surface area (Å²) in [6.07, 6.45) is 0. The van der Waals surface area contributed by atoms with E-state index in [0.29, 0.717) is 25.2 Å². The van der Waals surface area contributed by atoms with Gasteiger partial charge in [-0.3, -0.25) is 0 Å². The highest BCUT2D eigenvalue weighted by molar-refractivity contribution is 7.88. The van der Waals surface area contributed by atoms with E-state index in [9.17, 15) is 13.2 Å².